The van der Waals surface area contributed by atoms with Crippen LogP contribution in [0.2, 0.25) is 0 Å². The zero-order chi connectivity index (χ0) is 69.0. The Morgan fingerprint density at radius 3 is 0.905 bits per heavy atom. The first-order valence-electron chi connectivity index (χ1n) is 40.4. The van der Waals surface area contributed by atoms with Crippen molar-refractivity contribution in [3.8, 4) is 0 Å². The first kappa shape index (κ1) is 91.2. The number of carboxylic acids is 1. The van der Waals surface area contributed by atoms with Crippen LogP contribution >= 0.6 is 0 Å². The Hall–Kier alpha value is -3.79. The fourth-order valence-corrected chi connectivity index (χ4v) is 11.7. The number of carboxylic acid groups (broad SMARTS) is 1. The monoisotopic (exact) mass is 1330 g/mol. The highest BCUT2D eigenvalue weighted by Gasteiger charge is 2.22. The molecule has 0 fully saturated rings. The number of ether oxygens (including phenoxy) is 4. The average Bonchev–Trinajstić information content (AvgIpc) is 2.86. The maximum Gasteiger partial charge on any atom is 0.306 e. The van der Waals surface area contributed by atoms with Gasteiger partial charge in [-0.3, -0.25) is 9.59 Å². The third-order valence-electron chi connectivity index (χ3n) is 17.8. The molecule has 9 nitrogen and oxygen atoms in total. The molecule has 0 saturated carbocycles. The highest BCUT2D eigenvalue weighted by atomic mass is 16.7. The summed E-state index contributed by atoms with van der Waals surface area (Å²) in [5, 5.41) is 11.9. The van der Waals surface area contributed by atoms with Crippen molar-refractivity contribution in [3.63, 3.8) is 0 Å². The van der Waals surface area contributed by atoms with Gasteiger partial charge in [0.05, 0.1) is 40.3 Å². The molecule has 0 aliphatic rings. The van der Waals surface area contributed by atoms with Crippen molar-refractivity contribution in [2.45, 2.75) is 386 Å². The minimum absolute atomic E-state index is 0.142. The summed E-state index contributed by atoms with van der Waals surface area (Å²) in [4.78, 5) is 37.6. The van der Waals surface area contributed by atoms with Crippen LogP contribution in [-0.4, -0.2) is 82.3 Å². The van der Waals surface area contributed by atoms with Crippen LogP contribution in [0.25, 0.3) is 0 Å². The van der Waals surface area contributed by atoms with Crippen molar-refractivity contribution in [2.24, 2.45) is 0 Å². The van der Waals surface area contributed by atoms with Gasteiger partial charge in [-0.15, -0.1) is 0 Å². The van der Waals surface area contributed by atoms with Gasteiger partial charge in [0.1, 0.15) is 13.2 Å². The smallest absolute Gasteiger partial charge is 0.306 e. The first-order valence-corrected chi connectivity index (χ1v) is 40.4. The molecule has 0 aliphatic carbocycles. The van der Waals surface area contributed by atoms with E-state index in [1.807, 2.05) is 21.1 Å². The molecule has 0 amide bonds. The van der Waals surface area contributed by atoms with Crippen LogP contribution in [0.1, 0.15) is 373 Å². The molecule has 95 heavy (non-hydrogen) atoms. The molecule has 0 bridgehead atoms. The van der Waals surface area contributed by atoms with Gasteiger partial charge < -0.3 is 33.3 Å². The van der Waals surface area contributed by atoms with E-state index in [4.69, 9.17) is 18.9 Å². The molecule has 0 N–H and O–H groups in total. The summed E-state index contributed by atoms with van der Waals surface area (Å²) in [6.45, 7) is 4.66. The minimum atomic E-state index is -1.63. The van der Waals surface area contributed by atoms with Gasteiger partial charge in [-0.05, 0) is 96.3 Å². The molecule has 550 valence electrons. The topological polar surface area (TPSA) is 111 Å². The maximum atomic E-state index is 13.0. The summed E-state index contributed by atoms with van der Waals surface area (Å²) in [7, 11) is 5.93. The lowest BCUT2D eigenvalue weighted by atomic mass is 10.0. The predicted molar refractivity (Wildman–Crippen MR) is 407 cm³/mol. The number of quaternary nitrogens is 1. The molecule has 0 saturated heterocycles. The Balaban J connectivity index is 3.99. The lowest BCUT2D eigenvalue weighted by molar-refractivity contribution is -0.870. The zero-order valence-corrected chi connectivity index (χ0v) is 63.0. The number of nitrogens with zero attached hydrogens (tertiary/aromatic N) is 1. The zero-order valence-electron chi connectivity index (χ0n) is 63.0. The molecule has 0 aromatic carbocycles. The normalized spacial score (nSPS) is 13.1. The number of unbranched alkanes of at least 4 members (excludes halogenated alkanes) is 44. The Bertz CT molecular complexity index is 1890. The summed E-state index contributed by atoms with van der Waals surface area (Å²) < 4.78 is 22.8. The third kappa shape index (κ3) is 77.4. The molecular formula is C86H153NO8. The molecule has 0 spiro atoms. The second-order valence-electron chi connectivity index (χ2n) is 28.3. The largest absolute Gasteiger partial charge is 0.545 e. The van der Waals surface area contributed by atoms with Gasteiger partial charge in [0, 0.05) is 12.8 Å². The number of allylic oxidation sites excluding steroid dienone is 16. The molecule has 2 atom stereocenters. The van der Waals surface area contributed by atoms with E-state index in [-0.39, 0.29) is 38.6 Å². The summed E-state index contributed by atoms with van der Waals surface area (Å²) >= 11 is 0. The number of rotatable bonds is 75. The summed E-state index contributed by atoms with van der Waals surface area (Å²) in [6, 6.07) is 0. The lowest BCUT2D eigenvalue weighted by Gasteiger charge is -2.26. The maximum absolute atomic E-state index is 13.0. The van der Waals surface area contributed by atoms with Gasteiger partial charge in [0.2, 0.25) is 0 Å². The van der Waals surface area contributed by atoms with Crippen molar-refractivity contribution in [3.05, 3.63) is 97.2 Å². The van der Waals surface area contributed by atoms with Crippen LogP contribution in [0.15, 0.2) is 97.2 Å². The molecule has 0 rings (SSSR count). The van der Waals surface area contributed by atoms with Gasteiger partial charge in [-0.1, -0.05) is 361 Å². The highest BCUT2D eigenvalue weighted by molar-refractivity contribution is 5.70. The van der Waals surface area contributed by atoms with Gasteiger partial charge in [0.15, 0.2) is 12.4 Å². The molecule has 0 heterocycles. The Labute approximate surface area is 588 Å². The van der Waals surface area contributed by atoms with Crippen LogP contribution in [0.4, 0.5) is 0 Å². The van der Waals surface area contributed by atoms with E-state index >= 15 is 0 Å². The number of aliphatic carboxylic acids is 1. The first-order chi connectivity index (χ1) is 46.6. The Morgan fingerprint density at radius 1 is 0.326 bits per heavy atom. The third-order valence-corrected chi connectivity index (χ3v) is 17.8. The standard InChI is InChI=1S/C86H153NO8/c1-6-8-10-12-14-16-18-20-22-24-26-28-30-32-34-36-37-38-39-40-41-42-43-44-45-46-47-49-50-52-54-56-58-60-62-64-66-68-70-72-74-76-83(88)93-80-82(81-94-86(85(90)91)92-79-78-87(3,4)5)95-84(89)77-75-73-71-69-67-65-63-61-59-57-55-53-51-48-35-33-31-29-27-25-23-21-19-17-15-13-11-9-7-2/h9,11,15,17,21,23-24,26-27,29,33,35,51,53,57,59,82,86H,6-8,10,12-14,16,18-20,22,25,28,30-32,34,36-50,52,54-56,58,60-81H2,1-5H3/b11-9-,17-15-,23-21-,26-24-,29-27-,35-33-,53-51-,59-57-. The summed E-state index contributed by atoms with van der Waals surface area (Å²) in [5.41, 5.74) is 0. The van der Waals surface area contributed by atoms with E-state index in [0.29, 0.717) is 17.4 Å². The van der Waals surface area contributed by atoms with E-state index in [2.05, 4.69) is 111 Å². The van der Waals surface area contributed by atoms with Crippen LogP contribution in [-0.2, 0) is 33.3 Å². The summed E-state index contributed by atoms with van der Waals surface area (Å²) in [6.07, 6.45) is 103. The quantitative estimate of drug-likeness (QED) is 0.0195. The molecule has 0 aromatic heterocycles. The van der Waals surface area contributed by atoms with Crippen molar-refractivity contribution < 1.29 is 42.9 Å². The Morgan fingerprint density at radius 2 is 0.600 bits per heavy atom. The molecule has 2 unspecified atom stereocenters. The number of carbonyl (C=O) groups is 3. The van der Waals surface area contributed by atoms with Crippen molar-refractivity contribution >= 4 is 17.9 Å². The number of likely N-dealkylation sites (N-methyl/N-ethyl adjacent to an activating group) is 1. The van der Waals surface area contributed by atoms with E-state index in [9.17, 15) is 19.5 Å². The molecule has 9 heteroatoms. The summed E-state index contributed by atoms with van der Waals surface area (Å²) in [5.74, 6) is -2.29. The molecule has 0 aliphatic heterocycles. The van der Waals surface area contributed by atoms with Crippen LogP contribution in [0.5, 0.6) is 0 Å². The fraction of sp³-hybridized carbons (Fsp3) is 0.779. The number of hydrogen-bond acceptors (Lipinski definition) is 8. The van der Waals surface area contributed by atoms with E-state index in [1.54, 1.807) is 0 Å². The minimum Gasteiger partial charge on any atom is -0.545 e. The van der Waals surface area contributed by atoms with E-state index < -0.39 is 24.3 Å². The fourth-order valence-electron chi connectivity index (χ4n) is 11.7. The molecular weight excluding hydrogens is 1170 g/mol. The van der Waals surface area contributed by atoms with Crippen LogP contribution in [0, 0.1) is 0 Å². The van der Waals surface area contributed by atoms with E-state index in [1.165, 1.54) is 250 Å². The predicted octanol–water partition coefficient (Wildman–Crippen LogP) is 24.6. The number of esters is 2. The molecule has 0 radical (unpaired) electrons. The molecule has 0 aromatic rings. The Kier molecular flexibility index (Phi) is 72.9. The second kappa shape index (κ2) is 76.0. The average molecular weight is 1330 g/mol. The lowest BCUT2D eigenvalue weighted by Crippen LogP contribution is -2.44. The van der Waals surface area contributed by atoms with Crippen LogP contribution in [0.3, 0.4) is 0 Å². The van der Waals surface area contributed by atoms with Gasteiger partial charge in [0.25, 0.3) is 0 Å². The number of hydrogen-bond donors (Lipinski definition) is 0. The van der Waals surface area contributed by atoms with E-state index in [0.717, 1.165) is 89.9 Å². The van der Waals surface area contributed by atoms with Crippen molar-refractivity contribution in [1.82, 2.24) is 0 Å². The van der Waals surface area contributed by atoms with Crippen molar-refractivity contribution in [2.75, 3.05) is 47.5 Å². The number of carbonyl (C=O) groups excluding carboxylic acids is 3. The highest BCUT2D eigenvalue weighted by Crippen LogP contribution is 2.19. The second-order valence-corrected chi connectivity index (χ2v) is 28.3. The van der Waals surface area contributed by atoms with Gasteiger partial charge >= 0.3 is 11.9 Å². The van der Waals surface area contributed by atoms with Crippen molar-refractivity contribution in [1.29, 1.82) is 0 Å². The van der Waals surface area contributed by atoms with Crippen LogP contribution < -0.4 is 5.11 Å². The SMILES string of the molecule is CC/C=C\C/C=C\C/C=C\C/C=C\C/C=C\C/C=C\C/C=C\CCCCCCCCCC(=O)OC(COC(=O)CCCCCCCCCCCCCCCCCCCCCCCCCCCCCCC/C=C\CCCCCCCCCC)COC(OCC[N+](C)(C)C)C(=O)[O-]. The van der Waals surface area contributed by atoms with Gasteiger partial charge in [-0.2, -0.15) is 0 Å². The van der Waals surface area contributed by atoms with Gasteiger partial charge in [-0.25, -0.2) is 0 Å².